The second kappa shape index (κ2) is 6.94. The van der Waals surface area contributed by atoms with Crippen LogP contribution in [-0.2, 0) is 11.0 Å². The molecule has 0 atom stereocenters. The minimum absolute atomic E-state index is 0.128. The number of aromatic nitrogens is 2. The second-order valence-corrected chi connectivity index (χ2v) is 4.63. The lowest BCUT2D eigenvalue weighted by Gasteiger charge is -2.09. The molecule has 0 radical (unpaired) electrons. The minimum atomic E-state index is -4.59. The smallest absolute Gasteiger partial charge is 0.366 e. The molecule has 0 fully saturated rings. The number of carbonyl (C=O) groups is 2. The number of nitrogens with two attached hydrogens (primary N) is 1. The molecule has 0 unspecified atom stereocenters. The Labute approximate surface area is 134 Å². The van der Waals surface area contributed by atoms with Gasteiger partial charge in [0.15, 0.2) is 0 Å². The normalized spacial score (nSPS) is 11.0. The monoisotopic (exact) mass is 339 g/mol. The fraction of sp³-hybridized carbons (Fsp3) is 0.143. The third kappa shape index (κ3) is 4.66. The lowest BCUT2D eigenvalue weighted by molar-refractivity contribution is -0.141. The first kappa shape index (κ1) is 17.2. The highest BCUT2D eigenvalue weighted by Gasteiger charge is 2.32. The zero-order valence-corrected chi connectivity index (χ0v) is 12.1. The maximum atomic E-state index is 12.5. The fourth-order valence-corrected chi connectivity index (χ4v) is 1.70. The zero-order valence-electron chi connectivity index (χ0n) is 12.1. The van der Waals surface area contributed by atoms with E-state index < -0.39 is 23.7 Å². The summed E-state index contributed by atoms with van der Waals surface area (Å²) in [6, 6.07) is 6.53. The Morgan fingerprint density at radius 2 is 1.79 bits per heavy atom. The van der Waals surface area contributed by atoms with Gasteiger partial charge in [-0.2, -0.15) is 13.2 Å². The maximum absolute atomic E-state index is 12.5. The average molecular weight is 339 g/mol. The number of benzene rings is 1. The Hall–Kier alpha value is -3.17. The highest BCUT2D eigenvalue weighted by atomic mass is 19.4. The molecule has 2 amide bonds. The van der Waals surface area contributed by atoms with Gasteiger partial charge in [0.2, 0.25) is 11.8 Å². The Balaban J connectivity index is 1.92. The van der Waals surface area contributed by atoms with E-state index in [1.54, 1.807) is 0 Å². The number of primary amides is 1. The summed E-state index contributed by atoms with van der Waals surface area (Å²) in [5.74, 6) is -1.23. The first-order valence-corrected chi connectivity index (χ1v) is 6.58. The van der Waals surface area contributed by atoms with Gasteiger partial charge >= 0.3 is 6.18 Å². The van der Waals surface area contributed by atoms with Crippen molar-refractivity contribution < 1.29 is 22.8 Å². The largest absolute Gasteiger partial charge is 0.433 e. The van der Waals surface area contributed by atoms with Crippen molar-refractivity contribution in [2.45, 2.75) is 6.18 Å². The van der Waals surface area contributed by atoms with Gasteiger partial charge < -0.3 is 16.4 Å². The summed E-state index contributed by atoms with van der Waals surface area (Å²) in [4.78, 5) is 29.4. The van der Waals surface area contributed by atoms with Gasteiger partial charge in [-0.15, -0.1) is 0 Å². The van der Waals surface area contributed by atoms with E-state index in [0.29, 0.717) is 11.8 Å². The number of amides is 2. The Morgan fingerprint density at radius 3 is 2.38 bits per heavy atom. The van der Waals surface area contributed by atoms with Crippen molar-refractivity contribution in [3.63, 3.8) is 0 Å². The summed E-state index contributed by atoms with van der Waals surface area (Å²) >= 11 is 0. The second-order valence-electron chi connectivity index (χ2n) is 4.63. The van der Waals surface area contributed by atoms with Gasteiger partial charge in [0, 0.05) is 17.3 Å². The van der Waals surface area contributed by atoms with Crippen molar-refractivity contribution in [3.05, 3.63) is 47.9 Å². The number of carbonyl (C=O) groups excluding carboxylic acids is 2. The number of nitrogens with zero attached hydrogens (tertiary/aromatic N) is 2. The van der Waals surface area contributed by atoms with Gasteiger partial charge in [0.25, 0.3) is 0 Å². The number of nitrogens with one attached hydrogen (secondary N) is 2. The van der Waals surface area contributed by atoms with Crippen LogP contribution in [-0.4, -0.2) is 28.3 Å². The van der Waals surface area contributed by atoms with Gasteiger partial charge in [-0.25, -0.2) is 9.97 Å². The molecule has 0 saturated carbocycles. The van der Waals surface area contributed by atoms with Crippen molar-refractivity contribution >= 4 is 23.3 Å². The molecular formula is C14H12F3N5O2. The van der Waals surface area contributed by atoms with E-state index in [-0.39, 0.29) is 17.9 Å². The number of rotatable bonds is 5. The Bertz CT molecular complexity index is 747. The van der Waals surface area contributed by atoms with Crippen LogP contribution >= 0.6 is 0 Å². The summed E-state index contributed by atoms with van der Waals surface area (Å²) in [5.41, 5.74) is 4.67. The van der Waals surface area contributed by atoms with E-state index in [2.05, 4.69) is 20.6 Å². The molecule has 24 heavy (non-hydrogen) atoms. The lowest BCUT2D eigenvalue weighted by Crippen LogP contribution is -2.22. The molecule has 7 nitrogen and oxygen atoms in total. The van der Waals surface area contributed by atoms with Gasteiger partial charge in [0.05, 0.1) is 6.54 Å². The van der Waals surface area contributed by atoms with Crippen molar-refractivity contribution in [1.82, 2.24) is 9.97 Å². The third-order valence-electron chi connectivity index (χ3n) is 2.84. The Kier molecular flexibility index (Phi) is 4.97. The molecule has 10 heteroatoms. The minimum Gasteiger partial charge on any atom is -0.366 e. The van der Waals surface area contributed by atoms with Crippen molar-refractivity contribution in [2.75, 3.05) is 17.2 Å². The number of alkyl halides is 3. The van der Waals surface area contributed by atoms with Gasteiger partial charge in [0.1, 0.15) is 17.8 Å². The SMILES string of the molecule is NC(=O)c1ccc(NC(=O)CNc2cc(C(F)(F)F)ncn2)cc1. The third-order valence-corrected chi connectivity index (χ3v) is 2.84. The van der Waals surface area contributed by atoms with Crippen molar-refractivity contribution in [1.29, 1.82) is 0 Å². The molecule has 0 bridgehead atoms. The summed E-state index contributed by atoms with van der Waals surface area (Å²) in [7, 11) is 0. The van der Waals surface area contributed by atoms with Crippen LogP contribution < -0.4 is 16.4 Å². The summed E-state index contributed by atoms with van der Waals surface area (Å²) in [5, 5.41) is 4.97. The molecule has 1 heterocycles. The number of hydrogen-bond acceptors (Lipinski definition) is 5. The van der Waals surface area contributed by atoms with Crippen molar-refractivity contribution in [2.24, 2.45) is 5.73 Å². The highest BCUT2D eigenvalue weighted by molar-refractivity contribution is 5.95. The molecule has 126 valence electrons. The molecule has 0 spiro atoms. The van der Waals surface area contributed by atoms with Crippen LogP contribution in [0.15, 0.2) is 36.7 Å². The van der Waals surface area contributed by atoms with E-state index in [0.717, 1.165) is 6.33 Å². The van der Waals surface area contributed by atoms with Crippen LogP contribution in [0, 0.1) is 0 Å². The fourth-order valence-electron chi connectivity index (χ4n) is 1.70. The van der Waals surface area contributed by atoms with E-state index in [4.69, 9.17) is 5.73 Å². The number of hydrogen-bond donors (Lipinski definition) is 3. The highest BCUT2D eigenvalue weighted by Crippen LogP contribution is 2.27. The topological polar surface area (TPSA) is 110 Å². The van der Waals surface area contributed by atoms with E-state index in [1.165, 1.54) is 24.3 Å². The quantitative estimate of drug-likeness (QED) is 0.767. The molecule has 0 aliphatic rings. The Morgan fingerprint density at radius 1 is 1.12 bits per heavy atom. The van der Waals surface area contributed by atoms with E-state index in [9.17, 15) is 22.8 Å². The molecule has 2 rings (SSSR count). The standard InChI is InChI=1S/C14H12F3N5O2/c15-14(16,17)10-5-11(21-7-20-10)19-6-12(23)22-9-3-1-8(2-4-9)13(18)24/h1-5,7H,6H2,(H2,18,24)(H,22,23)(H,19,20,21). The molecule has 2 aromatic rings. The molecule has 0 saturated heterocycles. The van der Waals surface area contributed by atoms with Crippen LogP contribution in [0.25, 0.3) is 0 Å². The number of halogens is 3. The molecular weight excluding hydrogens is 327 g/mol. The van der Waals surface area contributed by atoms with Crippen LogP contribution in [0.2, 0.25) is 0 Å². The summed E-state index contributed by atoms with van der Waals surface area (Å²) < 4.78 is 37.5. The van der Waals surface area contributed by atoms with Crippen LogP contribution in [0.5, 0.6) is 0 Å². The first-order valence-electron chi connectivity index (χ1n) is 6.58. The predicted octanol–water partition coefficient (Wildman–Crippen LogP) is 1.64. The van der Waals surface area contributed by atoms with Crippen LogP contribution in [0.4, 0.5) is 24.7 Å². The van der Waals surface area contributed by atoms with E-state index >= 15 is 0 Å². The predicted molar refractivity (Wildman–Crippen MR) is 79.1 cm³/mol. The number of anilines is 2. The average Bonchev–Trinajstić information content (AvgIpc) is 2.53. The van der Waals surface area contributed by atoms with Crippen molar-refractivity contribution in [3.8, 4) is 0 Å². The van der Waals surface area contributed by atoms with Gasteiger partial charge in [-0.1, -0.05) is 0 Å². The summed E-state index contributed by atoms with van der Waals surface area (Å²) in [6.45, 7) is -0.300. The molecule has 1 aromatic heterocycles. The van der Waals surface area contributed by atoms with Crippen LogP contribution in [0.3, 0.4) is 0 Å². The zero-order chi connectivity index (χ0) is 17.7. The molecule has 4 N–H and O–H groups in total. The molecule has 0 aliphatic heterocycles. The first-order chi connectivity index (χ1) is 11.3. The van der Waals surface area contributed by atoms with Crippen LogP contribution in [0.1, 0.15) is 16.1 Å². The van der Waals surface area contributed by atoms with Gasteiger partial charge in [-0.3, -0.25) is 9.59 Å². The molecule has 1 aromatic carbocycles. The lowest BCUT2D eigenvalue weighted by atomic mass is 10.2. The summed E-state index contributed by atoms with van der Waals surface area (Å²) in [6.07, 6.45) is -3.84. The van der Waals surface area contributed by atoms with Gasteiger partial charge in [-0.05, 0) is 24.3 Å². The molecule has 0 aliphatic carbocycles. The van der Waals surface area contributed by atoms with E-state index in [1.807, 2.05) is 0 Å². The maximum Gasteiger partial charge on any atom is 0.433 e.